The van der Waals surface area contributed by atoms with Gasteiger partial charge in [0.2, 0.25) is 11.7 Å². The first-order chi connectivity index (χ1) is 15.9. The van der Waals surface area contributed by atoms with E-state index in [0.29, 0.717) is 34.8 Å². The highest BCUT2D eigenvalue weighted by atomic mass is 32.2. The molecule has 8 nitrogen and oxygen atoms in total. The molecule has 174 valence electrons. The van der Waals surface area contributed by atoms with Crippen LogP contribution in [0.1, 0.15) is 11.1 Å². The molecule has 0 aliphatic rings. The van der Waals surface area contributed by atoms with Crippen LogP contribution in [0.4, 0.5) is 5.69 Å². The van der Waals surface area contributed by atoms with Crippen molar-refractivity contribution in [2.24, 2.45) is 0 Å². The van der Waals surface area contributed by atoms with Crippen molar-refractivity contribution in [2.75, 3.05) is 32.4 Å². The number of hydrogen-bond acceptors (Lipinski definition) is 7. The molecule has 3 aromatic rings. The van der Waals surface area contributed by atoms with Crippen molar-refractivity contribution in [3.05, 3.63) is 54.1 Å². The molecule has 0 saturated heterocycles. The first-order valence-corrected chi connectivity index (χ1v) is 11.2. The molecular weight excluding hydrogens is 440 g/mol. The normalized spacial score (nSPS) is 10.6. The third-order valence-corrected chi connectivity index (χ3v) is 5.92. The first kappa shape index (κ1) is 24.2. The van der Waals surface area contributed by atoms with Gasteiger partial charge >= 0.3 is 0 Å². The van der Waals surface area contributed by atoms with Crippen LogP contribution in [0.25, 0.3) is 11.4 Å². The Kier molecular flexibility index (Phi) is 8.00. The highest BCUT2D eigenvalue weighted by Gasteiger charge is 2.20. The van der Waals surface area contributed by atoms with Crippen molar-refractivity contribution in [3.63, 3.8) is 0 Å². The van der Waals surface area contributed by atoms with Gasteiger partial charge in [-0.05, 0) is 43.2 Å². The molecule has 3 rings (SSSR count). The standard InChI is InChI=1S/C24H28N4O4S/c1-7-10-28-23(17-12-19(30-4)22(32-6)20(13-17)31-5)26-27-24(28)33-14-21(29)25-18-11-15(2)8-9-16(18)3/h7-9,11-13H,1,10,14H2,2-6H3,(H,25,29). The lowest BCUT2D eigenvalue weighted by molar-refractivity contribution is -0.113. The lowest BCUT2D eigenvalue weighted by atomic mass is 10.1. The summed E-state index contributed by atoms with van der Waals surface area (Å²) >= 11 is 1.31. The molecule has 0 aliphatic heterocycles. The van der Waals surface area contributed by atoms with Crippen molar-refractivity contribution in [3.8, 4) is 28.6 Å². The second kappa shape index (κ2) is 10.9. The Morgan fingerprint density at radius 2 is 1.79 bits per heavy atom. The molecule has 2 aromatic carbocycles. The molecule has 0 atom stereocenters. The monoisotopic (exact) mass is 468 g/mol. The number of ether oxygens (including phenoxy) is 3. The number of carbonyl (C=O) groups excluding carboxylic acids is 1. The number of allylic oxidation sites excluding steroid dienone is 1. The number of benzene rings is 2. The molecule has 1 aromatic heterocycles. The molecule has 0 aliphatic carbocycles. The van der Waals surface area contributed by atoms with Gasteiger partial charge in [0.25, 0.3) is 0 Å². The maximum atomic E-state index is 12.6. The lowest BCUT2D eigenvalue weighted by Gasteiger charge is -2.14. The van der Waals surface area contributed by atoms with Crippen LogP contribution in [-0.4, -0.2) is 47.8 Å². The van der Waals surface area contributed by atoms with Crippen LogP contribution < -0.4 is 19.5 Å². The topological polar surface area (TPSA) is 87.5 Å². The number of rotatable bonds is 10. The number of carbonyl (C=O) groups is 1. The van der Waals surface area contributed by atoms with Crippen molar-refractivity contribution >= 4 is 23.4 Å². The van der Waals surface area contributed by atoms with Gasteiger partial charge in [-0.2, -0.15) is 0 Å². The van der Waals surface area contributed by atoms with Gasteiger partial charge in [0.1, 0.15) is 0 Å². The molecule has 0 radical (unpaired) electrons. The maximum Gasteiger partial charge on any atom is 0.234 e. The summed E-state index contributed by atoms with van der Waals surface area (Å²) < 4.78 is 18.2. The van der Waals surface area contributed by atoms with E-state index in [9.17, 15) is 4.79 Å². The van der Waals surface area contributed by atoms with Crippen molar-refractivity contribution in [1.82, 2.24) is 14.8 Å². The quantitative estimate of drug-likeness (QED) is 0.346. The number of nitrogens with zero attached hydrogens (tertiary/aromatic N) is 3. The third-order valence-electron chi connectivity index (χ3n) is 4.95. The summed E-state index contributed by atoms with van der Waals surface area (Å²) in [6.07, 6.45) is 1.76. The number of anilines is 1. The van der Waals surface area contributed by atoms with Crippen LogP contribution in [0.5, 0.6) is 17.2 Å². The van der Waals surface area contributed by atoms with Crippen LogP contribution in [0.15, 0.2) is 48.1 Å². The number of amides is 1. The summed E-state index contributed by atoms with van der Waals surface area (Å²) in [6.45, 7) is 8.27. The second-order valence-corrected chi connectivity index (χ2v) is 8.22. The van der Waals surface area contributed by atoms with Gasteiger partial charge in [-0.1, -0.05) is 30.0 Å². The Hall–Kier alpha value is -3.46. The average molecular weight is 469 g/mol. The smallest absolute Gasteiger partial charge is 0.234 e. The minimum Gasteiger partial charge on any atom is -0.493 e. The molecule has 9 heteroatoms. The number of thioether (sulfide) groups is 1. The molecule has 0 unspecified atom stereocenters. The van der Waals surface area contributed by atoms with E-state index in [2.05, 4.69) is 22.1 Å². The van der Waals surface area contributed by atoms with Crippen molar-refractivity contribution < 1.29 is 19.0 Å². The number of methoxy groups -OCH3 is 3. The summed E-state index contributed by atoms with van der Waals surface area (Å²) in [5.74, 6) is 2.21. The van der Waals surface area contributed by atoms with Crippen LogP contribution in [0, 0.1) is 13.8 Å². The summed E-state index contributed by atoms with van der Waals surface area (Å²) in [5, 5.41) is 12.2. The van der Waals surface area contributed by atoms with Crippen molar-refractivity contribution in [2.45, 2.75) is 25.5 Å². The Balaban J connectivity index is 1.85. The fourth-order valence-corrected chi connectivity index (χ4v) is 4.05. The van der Waals surface area contributed by atoms with E-state index in [1.165, 1.54) is 11.8 Å². The molecule has 1 heterocycles. The molecular formula is C24H28N4O4S. The first-order valence-electron chi connectivity index (χ1n) is 10.3. The minimum atomic E-state index is -0.115. The highest BCUT2D eigenvalue weighted by molar-refractivity contribution is 7.99. The van der Waals surface area contributed by atoms with Crippen LogP contribution in [-0.2, 0) is 11.3 Å². The predicted octanol–water partition coefficient (Wildman–Crippen LogP) is 4.50. The molecule has 0 saturated carbocycles. The minimum absolute atomic E-state index is 0.115. The second-order valence-electron chi connectivity index (χ2n) is 7.27. The molecule has 1 N–H and O–H groups in total. The molecule has 1 amide bonds. The van der Waals surface area contributed by atoms with Gasteiger partial charge in [0.05, 0.1) is 27.1 Å². The molecule has 0 fully saturated rings. The van der Waals surface area contributed by atoms with Gasteiger partial charge in [-0.15, -0.1) is 16.8 Å². The van der Waals surface area contributed by atoms with Gasteiger partial charge < -0.3 is 19.5 Å². The van der Waals surface area contributed by atoms with Crippen molar-refractivity contribution in [1.29, 1.82) is 0 Å². The SMILES string of the molecule is C=CCn1c(SCC(=O)Nc2cc(C)ccc2C)nnc1-c1cc(OC)c(OC)c(OC)c1. The number of nitrogens with one attached hydrogen (secondary N) is 1. The predicted molar refractivity (Wildman–Crippen MR) is 131 cm³/mol. The van der Waals surface area contributed by atoms with Gasteiger partial charge in [0, 0.05) is 17.8 Å². The molecule has 0 spiro atoms. The van der Waals surface area contributed by atoms with E-state index >= 15 is 0 Å². The number of hydrogen-bond donors (Lipinski definition) is 1. The number of aromatic nitrogens is 3. The third kappa shape index (κ3) is 5.48. The van der Waals surface area contributed by atoms with Gasteiger partial charge in [-0.25, -0.2) is 0 Å². The van der Waals surface area contributed by atoms with E-state index in [1.807, 2.05) is 48.7 Å². The lowest BCUT2D eigenvalue weighted by Crippen LogP contribution is -2.15. The van der Waals surface area contributed by atoms with Gasteiger partial charge in [-0.3, -0.25) is 9.36 Å². The Morgan fingerprint density at radius 1 is 1.09 bits per heavy atom. The largest absolute Gasteiger partial charge is 0.493 e. The Morgan fingerprint density at radius 3 is 2.39 bits per heavy atom. The van der Waals surface area contributed by atoms with E-state index in [-0.39, 0.29) is 11.7 Å². The fraction of sp³-hybridized carbons (Fsp3) is 0.292. The molecule has 33 heavy (non-hydrogen) atoms. The average Bonchev–Trinajstić information content (AvgIpc) is 3.21. The molecule has 0 bridgehead atoms. The fourth-order valence-electron chi connectivity index (χ4n) is 3.30. The maximum absolute atomic E-state index is 12.6. The van der Waals surface area contributed by atoms with E-state index < -0.39 is 0 Å². The summed E-state index contributed by atoms with van der Waals surface area (Å²) in [4.78, 5) is 12.6. The van der Waals surface area contributed by atoms with Crippen LogP contribution >= 0.6 is 11.8 Å². The summed E-state index contributed by atoms with van der Waals surface area (Å²) in [5.41, 5.74) is 3.65. The number of aryl methyl sites for hydroxylation is 2. The van der Waals surface area contributed by atoms with E-state index in [1.54, 1.807) is 27.4 Å². The van der Waals surface area contributed by atoms with Crippen LogP contribution in [0.3, 0.4) is 0 Å². The zero-order valence-electron chi connectivity index (χ0n) is 19.5. The highest BCUT2D eigenvalue weighted by Crippen LogP contribution is 2.41. The summed E-state index contributed by atoms with van der Waals surface area (Å²) in [6, 6.07) is 9.59. The zero-order valence-corrected chi connectivity index (χ0v) is 20.3. The van der Waals surface area contributed by atoms with Gasteiger partial charge in [0.15, 0.2) is 22.5 Å². The Bertz CT molecular complexity index is 1130. The van der Waals surface area contributed by atoms with E-state index in [0.717, 1.165) is 22.4 Å². The zero-order chi connectivity index (χ0) is 24.0. The van der Waals surface area contributed by atoms with Crippen LogP contribution in [0.2, 0.25) is 0 Å². The summed E-state index contributed by atoms with van der Waals surface area (Å²) in [7, 11) is 4.68. The van der Waals surface area contributed by atoms with E-state index in [4.69, 9.17) is 14.2 Å². The Labute approximate surface area is 198 Å².